The molecule has 88 valence electrons. The highest BCUT2D eigenvalue weighted by Gasteiger charge is 2.41. The molecule has 0 N–H and O–H groups in total. The number of allylic oxidation sites excluding steroid dienone is 4. The SMILES string of the molecule is CC(=O)C1(F)C=CC=CC1c1ccc(F)cc1. The topological polar surface area (TPSA) is 17.1 Å². The van der Waals surface area contributed by atoms with Gasteiger partial charge in [0.25, 0.3) is 0 Å². The molecule has 1 aromatic carbocycles. The normalized spacial score (nSPS) is 27.1. The molecule has 1 aromatic rings. The zero-order valence-electron chi connectivity index (χ0n) is 9.36. The highest BCUT2D eigenvalue weighted by Crippen LogP contribution is 2.37. The number of carbonyl (C=O) groups excluding carboxylic acids is 1. The summed E-state index contributed by atoms with van der Waals surface area (Å²) in [6.07, 6.45) is 6.08. The molecule has 0 aromatic heterocycles. The quantitative estimate of drug-likeness (QED) is 0.767. The van der Waals surface area contributed by atoms with Gasteiger partial charge in [0.15, 0.2) is 11.5 Å². The van der Waals surface area contributed by atoms with E-state index in [0.29, 0.717) is 5.56 Å². The monoisotopic (exact) mass is 234 g/mol. The zero-order chi connectivity index (χ0) is 12.5. The second-order valence-electron chi connectivity index (χ2n) is 4.10. The Morgan fingerprint density at radius 1 is 1.24 bits per heavy atom. The predicted molar refractivity (Wildman–Crippen MR) is 61.9 cm³/mol. The third kappa shape index (κ3) is 2.05. The summed E-state index contributed by atoms with van der Waals surface area (Å²) in [4.78, 5) is 11.4. The van der Waals surface area contributed by atoms with Crippen molar-refractivity contribution in [2.75, 3.05) is 0 Å². The van der Waals surface area contributed by atoms with Gasteiger partial charge >= 0.3 is 0 Å². The van der Waals surface area contributed by atoms with Crippen LogP contribution in [0.4, 0.5) is 8.78 Å². The molecule has 0 fully saturated rings. The molecule has 0 bridgehead atoms. The summed E-state index contributed by atoms with van der Waals surface area (Å²) < 4.78 is 27.4. The second-order valence-corrected chi connectivity index (χ2v) is 4.10. The summed E-state index contributed by atoms with van der Waals surface area (Å²) in [7, 11) is 0. The second kappa shape index (κ2) is 4.24. The molecule has 0 saturated carbocycles. The van der Waals surface area contributed by atoms with Gasteiger partial charge in [-0.3, -0.25) is 4.79 Å². The Kier molecular flexibility index (Phi) is 2.92. The largest absolute Gasteiger partial charge is 0.296 e. The number of hydrogen-bond donors (Lipinski definition) is 0. The van der Waals surface area contributed by atoms with E-state index in [1.165, 1.54) is 43.3 Å². The van der Waals surface area contributed by atoms with E-state index in [-0.39, 0.29) is 5.82 Å². The van der Waals surface area contributed by atoms with Crippen molar-refractivity contribution in [1.82, 2.24) is 0 Å². The number of benzene rings is 1. The molecule has 1 aliphatic carbocycles. The van der Waals surface area contributed by atoms with Gasteiger partial charge in [-0.25, -0.2) is 8.78 Å². The smallest absolute Gasteiger partial charge is 0.197 e. The van der Waals surface area contributed by atoms with Crippen LogP contribution in [0.15, 0.2) is 48.6 Å². The highest BCUT2D eigenvalue weighted by atomic mass is 19.1. The Balaban J connectivity index is 2.43. The average Bonchev–Trinajstić information content (AvgIpc) is 2.31. The first-order chi connectivity index (χ1) is 8.04. The molecule has 2 atom stereocenters. The molecule has 1 aliphatic rings. The van der Waals surface area contributed by atoms with Crippen LogP contribution in [0.2, 0.25) is 0 Å². The molecule has 17 heavy (non-hydrogen) atoms. The van der Waals surface area contributed by atoms with Crippen LogP contribution in [0.1, 0.15) is 18.4 Å². The van der Waals surface area contributed by atoms with Crippen LogP contribution >= 0.6 is 0 Å². The Hall–Kier alpha value is -1.77. The van der Waals surface area contributed by atoms with Crippen LogP contribution < -0.4 is 0 Å². The molecular formula is C14H12F2O. The molecule has 2 unspecified atom stereocenters. The summed E-state index contributed by atoms with van der Waals surface area (Å²) >= 11 is 0. The molecule has 0 spiro atoms. The van der Waals surface area contributed by atoms with E-state index in [1.807, 2.05) is 0 Å². The van der Waals surface area contributed by atoms with Crippen molar-refractivity contribution in [2.45, 2.75) is 18.5 Å². The molecule has 0 saturated heterocycles. The van der Waals surface area contributed by atoms with E-state index < -0.39 is 17.4 Å². The molecule has 1 nitrogen and oxygen atoms in total. The van der Waals surface area contributed by atoms with Crippen molar-refractivity contribution < 1.29 is 13.6 Å². The summed E-state index contributed by atoms with van der Waals surface area (Å²) in [5, 5.41) is 0. The highest BCUT2D eigenvalue weighted by molar-refractivity contribution is 5.89. The van der Waals surface area contributed by atoms with Gasteiger partial charge in [0.2, 0.25) is 0 Å². The summed E-state index contributed by atoms with van der Waals surface area (Å²) in [5.74, 6) is -1.62. The maximum Gasteiger partial charge on any atom is 0.197 e. The van der Waals surface area contributed by atoms with Crippen molar-refractivity contribution in [3.8, 4) is 0 Å². The fourth-order valence-corrected chi connectivity index (χ4v) is 1.97. The Morgan fingerprint density at radius 2 is 1.88 bits per heavy atom. The third-order valence-corrected chi connectivity index (χ3v) is 2.97. The number of ketones is 1. The third-order valence-electron chi connectivity index (χ3n) is 2.97. The van der Waals surface area contributed by atoms with Crippen LogP contribution in [0.25, 0.3) is 0 Å². The van der Waals surface area contributed by atoms with Gasteiger partial charge in [0.1, 0.15) is 5.82 Å². The molecule has 0 aliphatic heterocycles. The number of halogens is 2. The minimum Gasteiger partial charge on any atom is -0.296 e. The van der Waals surface area contributed by atoms with Crippen molar-refractivity contribution in [1.29, 1.82) is 0 Å². The van der Waals surface area contributed by atoms with Gasteiger partial charge < -0.3 is 0 Å². The first-order valence-electron chi connectivity index (χ1n) is 5.35. The molecule has 0 radical (unpaired) electrons. The lowest BCUT2D eigenvalue weighted by molar-refractivity contribution is -0.126. The average molecular weight is 234 g/mol. The molecule has 0 heterocycles. The van der Waals surface area contributed by atoms with Crippen molar-refractivity contribution in [3.63, 3.8) is 0 Å². The first-order valence-corrected chi connectivity index (χ1v) is 5.35. The fraction of sp³-hybridized carbons (Fsp3) is 0.214. The molecule has 3 heteroatoms. The van der Waals surface area contributed by atoms with Gasteiger partial charge in [0.05, 0.1) is 0 Å². The van der Waals surface area contributed by atoms with E-state index in [9.17, 15) is 13.6 Å². The summed E-state index contributed by atoms with van der Waals surface area (Å²) in [6, 6.07) is 5.53. The van der Waals surface area contributed by atoms with Gasteiger partial charge in [-0.1, -0.05) is 30.4 Å². The number of carbonyl (C=O) groups is 1. The molecular weight excluding hydrogens is 222 g/mol. The van der Waals surface area contributed by atoms with Crippen LogP contribution in [-0.4, -0.2) is 11.5 Å². The number of rotatable bonds is 2. The van der Waals surface area contributed by atoms with Crippen LogP contribution in [-0.2, 0) is 4.79 Å². The van der Waals surface area contributed by atoms with Gasteiger partial charge in [-0.15, -0.1) is 0 Å². The minimum atomic E-state index is -2.04. The van der Waals surface area contributed by atoms with Crippen LogP contribution in [0.5, 0.6) is 0 Å². The zero-order valence-corrected chi connectivity index (χ0v) is 9.36. The number of hydrogen-bond acceptors (Lipinski definition) is 1. The first kappa shape index (κ1) is 11.7. The number of alkyl halides is 1. The molecule has 2 rings (SSSR count). The lowest BCUT2D eigenvalue weighted by Gasteiger charge is -2.29. The standard InChI is InChI=1S/C14H12F2O/c1-10(17)14(16)9-3-2-4-13(14)11-5-7-12(15)8-6-11/h2-9,13H,1H3. The van der Waals surface area contributed by atoms with Gasteiger partial charge in [-0.2, -0.15) is 0 Å². The Morgan fingerprint density at radius 3 is 2.47 bits per heavy atom. The summed E-state index contributed by atoms with van der Waals surface area (Å²) in [6.45, 7) is 1.22. The minimum absolute atomic E-state index is 0.378. The van der Waals surface area contributed by atoms with Crippen LogP contribution in [0.3, 0.4) is 0 Å². The molecule has 0 amide bonds. The van der Waals surface area contributed by atoms with E-state index >= 15 is 0 Å². The maximum atomic E-state index is 14.6. The van der Waals surface area contributed by atoms with Crippen LogP contribution in [0, 0.1) is 5.82 Å². The van der Waals surface area contributed by atoms with E-state index in [1.54, 1.807) is 12.2 Å². The Bertz CT molecular complexity index is 487. The van der Waals surface area contributed by atoms with Crippen molar-refractivity contribution >= 4 is 5.78 Å². The maximum absolute atomic E-state index is 14.6. The van der Waals surface area contributed by atoms with E-state index in [2.05, 4.69) is 0 Å². The summed E-state index contributed by atoms with van der Waals surface area (Å²) in [5.41, 5.74) is -1.45. The van der Waals surface area contributed by atoms with E-state index in [0.717, 1.165) is 0 Å². The van der Waals surface area contributed by atoms with Crippen molar-refractivity contribution in [2.24, 2.45) is 0 Å². The Labute approximate surface area is 98.5 Å². The fourth-order valence-electron chi connectivity index (χ4n) is 1.97. The van der Waals surface area contributed by atoms with E-state index in [4.69, 9.17) is 0 Å². The van der Waals surface area contributed by atoms with Gasteiger partial charge in [-0.05, 0) is 30.7 Å². The number of Topliss-reactive ketones (excluding diaryl/α,β-unsaturated/α-hetero) is 1. The van der Waals surface area contributed by atoms with Crippen molar-refractivity contribution in [3.05, 3.63) is 60.0 Å². The lowest BCUT2D eigenvalue weighted by Crippen LogP contribution is -2.37. The lowest BCUT2D eigenvalue weighted by atomic mass is 9.78. The predicted octanol–water partition coefficient (Wildman–Crippen LogP) is 3.33. The van der Waals surface area contributed by atoms with Gasteiger partial charge in [0, 0.05) is 5.92 Å².